The van der Waals surface area contributed by atoms with E-state index in [1.165, 1.54) is 16.4 Å². The van der Waals surface area contributed by atoms with Crippen LogP contribution in [-0.4, -0.2) is 44.9 Å². The predicted octanol–water partition coefficient (Wildman–Crippen LogP) is 3.35. The maximum absolute atomic E-state index is 12.6. The lowest BCUT2D eigenvalue weighted by Crippen LogP contribution is -2.40. The molecular weight excluding hydrogens is 408 g/mol. The van der Waals surface area contributed by atoms with E-state index < -0.39 is 15.9 Å². The summed E-state index contributed by atoms with van der Waals surface area (Å²) in [5.41, 5.74) is 0.523. The minimum atomic E-state index is -3.79. The van der Waals surface area contributed by atoms with Gasteiger partial charge in [0, 0.05) is 18.8 Å². The van der Waals surface area contributed by atoms with Crippen molar-refractivity contribution in [3.63, 3.8) is 0 Å². The second kappa shape index (κ2) is 8.70. The number of amides is 1. The van der Waals surface area contributed by atoms with Gasteiger partial charge in [0.1, 0.15) is 11.5 Å². The van der Waals surface area contributed by atoms with Gasteiger partial charge in [-0.3, -0.25) is 4.79 Å². The molecule has 2 heterocycles. The molecule has 30 heavy (non-hydrogen) atoms. The fourth-order valence-corrected chi connectivity index (χ4v) is 4.24. The first-order chi connectivity index (χ1) is 14.5. The largest absolute Gasteiger partial charge is 0.457 e. The number of hydrogen-bond acceptors (Lipinski definition) is 6. The summed E-state index contributed by atoms with van der Waals surface area (Å²) in [6, 6.07) is 18.8. The number of sulfonamides is 1. The first kappa shape index (κ1) is 20.1. The molecule has 0 spiro atoms. The maximum atomic E-state index is 12.6. The van der Waals surface area contributed by atoms with Gasteiger partial charge in [-0.15, -0.1) is 0 Å². The van der Waals surface area contributed by atoms with E-state index >= 15 is 0 Å². The SMILES string of the molecule is O=C(Nc1ccc(Oc2ccccc2)cc1)c1ccc(S(=O)(=O)N2CCOCC2)o1. The highest BCUT2D eigenvalue weighted by atomic mass is 32.2. The van der Waals surface area contributed by atoms with Gasteiger partial charge in [-0.1, -0.05) is 18.2 Å². The summed E-state index contributed by atoms with van der Waals surface area (Å²) in [6.07, 6.45) is 0. The molecule has 0 radical (unpaired) electrons. The molecule has 1 aliphatic heterocycles. The van der Waals surface area contributed by atoms with Crippen LogP contribution in [0.4, 0.5) is 5.69 Å². The van der Waals surface area contributed by atoms with E-state index in [-0.39, 0.29) is 23.9 Å². The van der Waals surface area contributed by atoms with Crippen LogP contribution in [0, 0.1) is 0 Å². The average Bonchev–Trinajstić information content (AvgIpc) is 3.28. The normalized spacial score (nSPS) is 14.9. The molecule has 1 saturated heterocycles. The lowest BCUT2D eigenvalue weighted by Gasteiger charge is -2.24. The summed E-state index contributed by atoms with van der Waals surface area (Å²) in [5.74, 6) is 0.691. The molecule has 1 aliphatic rings. The number of ether oxygens (including phenoxy) is 2. The number of nitrogens with zero attached hydrogens (tertiary/aromatic N) is 1. The topological polar surface area (TPSA) is 98.1 Å². The number of rotatable bonds is 6. The summed E-state index contributed by atoms with van der Waals surface area (Å²) in [7, 11) is -3.79. The Morgan fingerprint density at radius 3 is 2.27 bits per heavy atom. The smallest absolute Gasteiger partial charge is 0.291 e. The Labute approximate surface area is 174 Å². The van der Waals surface area contributed by atoms with Crippen LogP contribution in [-0.2, 0) is 14.8 Å². The monoisotopic (exact) mass is 428 g/mol. The lowest BCUT2D eigenvalue weighted by atomic mass is 10.3. The summed E-state index contributed by atoms with van der Waals surface area (Å²) in [6.45, 7) is 1.17. The molecule has 8 nitrogen and oxygen atoms in total. The number of furan rings is 1. The molecule has 0 bridgehead atoms. The van der Waals surface area contributed by atoms with Gasteiger partial charge in [0.25, 0.3) is 15.9 Å². The van der Waals surface area contributed by atoms with Crippen LogP contribution in [0.1, 0.15) is 10.6 Å². The van der Waals surface area contributed by atoms with Gasteiger partial charge in [-0.05, 0) is 48.5 Å². The quantitative estimate of drug-likeness (QED) is 0.647. The Morgan fingerprint density at radius 1 is 0.900 bits per heavy atom. The van der Waals surface area contributed by atoms with E-state index in [2.05, 4.69) is 5.32 Å². The Bertz CT molecular complexity index is 1100. The fourth-order valence-electron chi connectivity index (χ4n) is 2.92. The van der Waals surface area contributed by atoms with E-state index in [1.807, 2.05) is 30.3 Å². The maximum Gasteiger partial charge on any atom is 0.291 e. The van der Waals surface area contributed by atoms with Gasteiger partial charge in [0.05, 0.1) is 13.2 Å². The number of carbonyl (C=O) groups is 1. The van der Waals surface area contributed by atoms with Crippen LogP contribution in [0.5, 0.6) is 11.5 Å². The third-order valence-electron chi connectivity index (χ3n) is 4.46. The molecule has 0 unspecified atom stereocenters. The Hall–Kier alpha value is -3.14. The van der Waals surface area contributed by atoms with Gasteiger partial charge in [-0.25, -0.2) is 8.42 Å². The van der Waals surface area contributed by atoms with E-state index in [9.17, 15) is 13.2 Å². The number of anilines is 1. The van der Waals surface area contributed by atoms with Crippen molar-refractivity contribution in [2.24, 2.45) is 0 Å². The highest BCUT2D eigenvalue weighted by molar-refractivity contribution is 7.89. The van der Waals surface area contributed by atoms with Crippen molar-refractivity contribution < 1.29 is 27.1 Å². The molecule has 1 aromatic heterocycles. The molecule has 0 atom stereocenters. The van der Waals surface area contributed by atoms with Crippen molar-refractivity contribution in [3.8, 4) is 11.5 Å². The molecule has 0 saturated carbocycles. The predicted molar refractivity (Wildman–Crippen MR) is 109 cm³/mol. The summed E-state index contributed by atoms with van der Waals surface area (Å²) in [5, 5.41) is 2.41. The van der Waals surface area contributed by atoms with Crippen molar-refractivity contribution in [2.45, 2.75) is 5.09 Å². The molecule has 156 valence electrons. The third-order valence-corrected chi connectivity index (χ3v) is 6.23. The Kier molecular flexibility index (Phi) is 5.84. The van der Waals surface area contributed by atoms with Gasteiger partial charge >= 0.3 is 0 Å². The lowest BCUT2D eigenvalue weighted by molar-refractivity contribution is 0.0723. The average molecular weight is 428 g/mol. The second-order valence-electron chi connectivity index (χ2n) is 6.53. The van der Waals surface area contributed by atoms with Crippen LogP contribution in [0.15, 0.2) is 76.2 Å². The molecule has 1 amide bonds. The van der Waals surface area contributed by atoms with Crippen molar-refractivity contribution >= 4 is 21.6 Å². The van der Waals surface area contributed by atoms with Gasteiger partial charge in [0.2, 0.25) is 5.09 Å². The van der Waals surface area contributed by atoms with Crippen LogP contribution >= 0.6 is 0 Å². The van der Waals surface area contributed by atoms with Gasteiger partial charge in [0.15, 0.2) is 5.76 Å². The molecule has 9 heteroatoms. The van der Waals surface area contributed by atoms with Crippen molar-refractivity contribution in [1.29, 1.82) is 0 Å². The standard InChI is InChI=1S/C21H20N2O6S/c24-21(19-10-11-20(29-19)30(25,26)23-12-14-27-15-13-23)22-16-6-8-18(9-7-16)28-17-4-2-1-3-5-17/h1-11H,12-15H2,(H,22,24). The third kappa shape index (κ3) is 4.54. The van der Waals surface area contributed by atoms with Gasteiger partial charge in [-0.2, -0.15) is 4.31 Å². The van der Waals surface area contributed by atoms with E-state index in [1.54, 1.807) is 24.3 Å². The molecule has 2 aromatic carbocycles. The zero-order valence-electron chi connectivity index (χ0n) is 16.0. The fraction of sp³-hybridized carbons (Fsp3) is 0.190. The van der Waals surface area contributed by atoms with E-state index in [4.69, 9.17) is 13.9 Å². The van der Waals surface area contributed by atoms with Crippen LogP contribution in [0.3, 0.4) is 0 Å². The highest BCUT2D eigenvalue weighted by Crippen LogP contribution is 2.24. The second-order valence-corrected chi connectivity index (χ2v) is 8.40. The summed E-state index contributed by atoms with van der Waals surface area (Å²) in [4.78, 5) is 12.4. The van der Waals surface area contributed by atoms with E-state index in [0.717, 1.165) is 0 Å². The molecule has 3 aromatic rings. The summed E-state index contributed by atoms with van der Waals surface area (Å²) >= 11 is 0. The Balaban J connectivity index is 1.41. The number of para-hydroxylation sites is 1. The number of morpholine rings is 1. The zero-order chi connectivity index (χ0) is 21.0. The number of benzene rings is 2. The van der Waals surface area contributed by atoms with Gasteiger partial charge < -0.3 is 19.2 Å². The Morgan fingerprint density at radius 2 is 1.57 bits per heavy atom. The molecule has 1 N–H and O–H groups in total. The number of carbonyl (C=O) groups excluding carboxylic acids is 1. The van der Waals surface area contributed by atoms with Crippen LogP contribution in [0.25, 0.3) is 0 Å². The van der Waals surface area contributed by atoms with E-state index in [0.29, 0.717) is 30.4 Å². The van der Waals surface area contributed by atoms with Crippen LogP contribution in [0.2, 0.25) is 0 Å². The first-order valence-electron chi connectivity index (χ1n) is 9.34. The van der Waals surface area contributed by atoms with Crippen molar-refractivity contribution in [3.05, 3.63) is 72.5 Å². The van der Waals surface area contributed by atoms with Crippen molar-refractivity contribution in [1.82, 2.24) is 4.31 Å². The molecular formula is C21H20N2O6S. The minimum Gasteiger partial charge on any atom is -0.457 e. The highest BCUT2D eigenvalue weighted by Gasteiger charge is 2.30. The summed E-state index contributed by atoms with van der Waals surface area (Å²) < 4.78 is 42.7. The minimum absolute atomic E-state index is 0.0913. The molecule has 0 aliphatic carbocycles. The molecule has 4 rings (SSSR count). The number of hydrogen-bond donors (Lipinski definition) is 1. The zero-order valence-corrected chi connectivity index (χ0v) is 16.8. The van der Waals surface area contributed by atoms with Crippen molar-refractivity contribution in [2.75, 3.05) is 31.6 Å². The van der Waals surface area contributed by atoms with Crippen LogP contribution < -0.4 is 10.1 Å². The molecule has 1 fully saturated rings. The number of nitrogens with one attached hydrogen (secondary N) is 1. The first-order valence-corrected chi connectivity index (χ1v) is 10.8.